The molecule has 0 spiro atoms. The van der Waals surface area contributed by atoms with Gasteiger partial charge in [-0.25, -0.2) is 12.7 Å². The Labute approximate surface area is 159 Å². The number of aryl methyl sites for hydroxylation is 1. The van der Waals surface area contributed by atoms with E-state index in [4.69, 9.17) is 4.52 Å². The number of carbonyl (C=O) groups is 1. The van der Waals surface area contributed by atoms with Gasteiger partial charge in [-0.15, -0.1) is 0 Å². The van der Waals surface area contributed by atoms with Crippen LogP contribution in [0.4, 0.5) is 0 Å². The fraction of sp³-hybridized carbons (Fsp3) is 0.500. The van der Waals surface area contributed by atoms with Gasteiger partial charge >= 0.3 is 0 Å². The van der Waals surface area contributed by atoms with Gasteiger partial charge in [-0.2, -0.15) is 4.98 Å². The number of amides is 1. The highest BCUT2D eigenvalue weighted by Crippen LogP contribution is 2.22. The van der Waals surface area contributed by atoms with E-state index in [1.165, 1.54) is 10.6 Å². The summed E-state index contributed by atoms with van der Waals surface area (Å²) in [6, 6.07) is 7.80. The molecule has 1 fully saturated rings. The molecule has 1 aliphatic rings. The molecule has 0 unspecified atom stereocenters. The van der Waals surface area contributed by atoms with Gasteiger partial charge in [-0.3, -0.25) is 4.79 Å². The number of piperidine rings is 1. The van der Waals surface area contributed by atoms with E-state index in [1.807, 2.05) is 31.2 Å². The molecule has 0 N–H and O–H groups in total. The summed E-state index contributed by atoms with van der Waals surface area (Å²) in [6.07, 6.45) is 2.24. The highest BCUT2D eigenvalue weighted by molar-refractivity contribution is 7.88. The van der Waals surface area contributed by atoms with Crippen molar-refractivity contribution in [1.29, 1.82) is 0 Å². The minimum atomic E-state index is -3.20. The Hall–Kier alpha value is -2.26. The number of sulfonamides is 1. The van der Waals surface area contributed by atoms with Crippen molar-refractivity contribution < 1.29 is 17.7 Å². The summed E-state index contributed by atoms with van der Waals surface area (Å²) in [5.74, 6) is 0.651. The molecule has 0 bridgehead atoms. The molecule has 146 valence electrons. The summed E-state index contributed by atoms with van der Waals surface area (Å²) in [6.45, 7) is 2.97. The Morgan fingerprint density at radius 1 is 1.33 bits per heavy atom. The van der Waals surface area contributed by atoms with Crippen molar-refractivity contribution in [3.63, 3.8) is 0 Å². The normalized spacial score (nSPS) is 16.4. The van der Waals surface area contributed by atoms with Crippen molar-refractivity contribution in [3.8, 4) is 11.4 Å². The first-order valence-electron chi connectivity index (χ1n) is 8.84. The van der Waals surface area contributed by atoms with Crippen molar-refractivity contribution in [2.24, 2.45) is 5.92 Å². The van der Waals surface area contributed by atoms with E-state index in [-0.39, 0.29) is 18.4 Å². The summed E-state index contributed by atoms with van der Waals surface area (Å²) in [5.41, 5.74) is 1.97. The number of aromatic nitrogens is 2. The topological polar surface area (TPSA) is 96.6 Å². The van der Waals surface area contributed by atoms with E-state index < -0.39 is 10.0 Å². The molecule has 0 radical (unpaired) electrons. The van der Waals surface area contributed by atoms with Crippen LogP contribution >= 0.6 is 0 Å². The van der Waals surface area contributed by atoms with Crippen molar-refractivity contribution in [3.05, 3.63) is 35.7 Å². The zero-order valence-corrected chi connectivity index (χ0v) is 16.6. The van der Waals surface area contributed by atoms with Crippen LogP contribution < -0.4 is 0 Å². The van der Waals surface area contributed by atoms with Crippen molar-refractivity contribution in [1.82, 2.24) is 19.3 Å². The molecule has 9 heteroatoms. The minimum Gasteiger partial charge on any atom is -0.337 e. The molecule has 0 atom stereocenters. The predicted molar refractivity (Wildman–Crippen MR) is 100 cm³/mol. The van der Waals surface area contributed by atoms with Crippen molar-refractivity contribution in [2.75, 3.05) is 26.4 Å². The second kappa shape index (κ2) is 7.77. The number of hydrogen-bond acceptors (Lipinski definition) is 6. The fourth-order valence-electron chi connectivity index (χ4n) is 3.25. The van der Waals surface area contributed by atoms with Crippen LogP contribution in [0.1, 0.15) is 24.3 Å². The Bertz CT molecular complexity index is 917. The average Bonchev–Trinajstić information content (AvgIpc) is 3.09. The van der Waals surface area contributed by atoms with Crippen molar-refractivity contribution >= 4 is 15.9 Å². The Kier molecular flexibility index (Phi) is 5.61. The zero-order chi connectivity index (χ0) is 19.6. The predicted octanol–water partition coefficient (Wildman–Crippen LogP) is 1.68. The van der Waals surface area contributed by atoms with Gasteiger partial charge in [0.05, 0.1) is 12.8 Å². The van der Waals surface area contributed by atoms with E-state index >= 15 is 0 Å². The summed E-state index contributed by atoms with van der Waals surface area (Å²) in [4.78, 5) is 18.6. The lowest BCUT2D eigenvalue weighted by molar-refractivity contribution is -0.136. The number of nitrogens with zero attached hydrogens (tertiary/aromatic N) is 4. The van der Waals surface area contributed by atoms with Gasteiger partial charge in [-0.1, -0.05) is 28.9 Å². The van der Waals surface area contributed by atoms with Gasteiger partial charge in [0.25, 0.3) is 0 Å². The maximum Gasteiger partial charge on any atom is 0.246 e. The van der Waals surface area contributed by atoms with Gasteiger partial charge in [-0.05, 0) is 25.8 Å². The standard InChI is InChI=1S/C18H24N4O4S/c1-13-5-4-6-15(11-13)17-19-16(26-20-17)12-21(2)18(23)14-7-9-22(10-8-14)27(3,24)25/h4-6,11,14H,7-10,12H2,1-3H3. The Balaban J connectivity index is 1.59. The molecular formula is C18H24N4O4S. The van der Waals surface area contributed by atoms with E-state index in [0.29, 0.717) is 37.6 Å². The second-order valence-electron chi connectivity index (χ2n) is 7.01. The Morgan fingerprint density at radius 3 is 2.67 bits per heavy atom. The van der Waals surface area contributed by atoms with Gasteiger partial charge in [0.2, 0.25) is 27.6 Å². The minimum absolute atomic E-state index is 0.0292. The number of hydrogen-bond donors (Lipinski definition) is 0. The van der Waals surface area contributed by atoms with Gasteiger partial charge in [0.15, 0.2) is 0 Å². The van der Waals surface area contributed by atoms with Gasteiger partial charge < -0.3 is 9.42 Å². The molecule has 8 nitrogen and oxygen atoms in total. The SMILES string of the molecule is Cc1cccc(-c2noc(CN(C)C(=O)C3CCN(S(C)(=O)=O)CC3)n2)c1. The Morgan fingerprint density at radius 2 is 2.04 bits per heavy atom. The third-order valence-electron chi connectivity index (χ3n) is 4.77. The van der Waals surface area contributed by atoms with Crippen LogP contribution in [0.2, 0.25) is 0 Å². The maximum atomic E-state index is 12.6. The molecular weight excluding hydrogens is 368 g/mol. The van der Waals surface area contributed by atoms with Crippen LogP contribution in [0, 0.1) is 12.8 Å². The third kappa shape index (κ3) is 4.72. The molecule has 0 aliphatic carbocycles. The van der Waals surface area contributed by atoms with Gasteiger partial charge in [0.1, 0.15) is 0 Å². The summed E-state index contributed by atoms with van der Waals surface area (Å²) in [7, 11) is -1.50. The van der Waals surface area contributed by atoms with E-state index in [9.17, 15) is 13.2 Å². The molecule has 0 saturated carbocycles. The van der Waals surface area contributed by atoms with E-state index in [2.05, 4.69) is 10.1 Å². The molecule has 3 rings (SSSR count). The third-order valence-corrected chi connectivity index (χ3v) is 6.07. The smallest absolute Gasteiger partial charge is 0.246 e. The maximum absolute atomic E-state index is 12.6. The second-order valence-corrected chi connectivity index (χ2v) is 8.99. The number of benzene rings is 1. The average molecular weight is 392 g/mol. The highest BCUT2D eigenvalue weighted by atomic mass is 32.2. The molecule has 1 aliphatic heterocycles. The van der Waals surface area contributed by atoms with E-state index in [1.54, 1.807) is 11.9 Å². The lowest BCUT2D eigenvalue weighted by Crippen LogP contribution is -2.42. The number of carbonyl (C=O) groups excluding carboxylic acids is 1. The first-order valence-corrected chi connectivity index (χ1v) is 10.7. The summed E-state index contributed by atoms with van der Waals surface area (Å²) in [5, 5.41) is 3.99. The number of rotatable bonds is 5. The molecule has 1 aromatic heterocycles. The van der Waals surface area contributed by atoms with Crippen LogP contribution in [0.3, 0.4) is 0 Å². The summed E-state index contributed by atoms with van der Waals surface area (Å²) < 4.78 is 29.9. The van der Waals surface area contributed by atoms with Crippen molar-refractivity contribution in [2.45, 2.75) is 26.3 Å². The van der Waals surface area contributed by atoms with Crippen LogP contribution in [0.15, 0.2) is 28.8 Å². The fourth-order valence-corrected chi connectivity index (χ4v) is 4.12. The lowest BCUT2D eigenvalue weighted by atomic mass is 9.97. The van der Waals surface area contributed by atoms with Gasteiger partial charge in [0, 0.05) is 31.6 Å². The van der Waals surface area contributed by atoms with Crippen LogP contribution in [-0.4, -0.2) is 60.1 Å². The van der Waals surface area contributed by atoms with E-state index in [0.717, 1.165) is 11.1 Å². The summed E-state index contributed by atoms with van der Waals surface area (Å²) >= 11 is 0. The van der Waals surface area contributed by atoms with Crippen LogP contribution in [0.5, 0.6) is 0 Å². The molecule has 2 heterocycles. The highest BCUT2D eigenvalue weighted by Gasteiger charge is 2.30. The largest absolute Gasteiger partial charge is 0.337 e. The lowest BCUT2D eigenvalue weighted by Gasteiger charge is -2.31. The monoisotopic (exact) mass is 392 g/mol. The quantitative estimate of drug-likeness (QED) is 0.768. The first-order chi connectivity index (χ1) is 12.7. The molecule has 2 aromatic rings. The zero-order valence-electron chi connectivity index (χ0n) is 15.8. The van der Waals surface area contributed by atoms with Crippen LogP contribution in [0.25, 0.3) is 11.4 Å². The molecule has 1 saturated heterocycles. The molecule has 1 amide bonds. The molecule has 1 aromatic carbocycles. The first kappa shape index (κ1) is 19.5. The van der Waals surface area contributed by atoms with Crippen LogP contribution in [-0.2, 0) is 21.4 Å². The molecule has 27 heavy (non-hydrogen) atoms.